The van der Waals surface area contributed by atoms with Crippen LogP contribution in [0.5, 0.6) is 0 Å². The Morgan fingerprint density at radius 3 is 1.41 bits per heavy atom. The van der Waals surface area contributed by atoms with E-state index >= 15 is 0 Å². The van der Waals surface area contributed by atoms with Gasteiger partial charge in [-0.25, -0.2) is 9.59 Å². The molecule has 0 atom stereocenters. The summed E-state index contributed by atoms with van der Waals surface area (Å²) in [6, 6.07) is 14.3. The Labute approximate surface area is 160 Å². The van der Waals surface area contributed by atoms with Gasteiger partial charge in [-0.1, -0.05) is 36.4 Å². The van der Waals surface area contributed by atoms with E-state index in [2.05, 4.69) is 13.2 Å². The lowest BCUT2D eigenvalue weighted by molar-refractivity contribution is -0.0167. The van der Waals surface area contributed by atoms with Crippen molar-refractivity contribution in [1.82, 2.24) is 0 Å². The highest BCUT2D eigenvalue weighted by atomic mass is 16.7. The van der Waals surface area contributed by atoms with E-state index in [9.17, 15) is 9.59 Å². The maximum atomic E-state index is 12.0. The third-order valence-corrected chi connectivity index (χ3v) is 4.03. The van der Waals surface area contributed by atoms with E-state index < -0.39 is 18.7 Å². The second-order valence-electron chi connectivity index (χ2n) is 6.03. The van der Waals surface area contributed by atoms with Crippen molar-refractivity contribution in [3.8, 4) is 0 Å². The molecule has 4 nitrogen and oxygen atoms in total. The number of rotatable bonds is 10. The number of carbonyl (C=O) groups excluding carboxylic acids is 2. The van der Waals surface area contributed by atoms with Crippen LogP contribution >= 0.6 is 0 Å². The van der Waals surface area contributed by atoms with Gasteiger partial charge in [-0.3, -0.25) is 0 Å². The monoisotopic (exact) mass is 364 g/mol. The third-order valence-electron chi connectivity index (χ3n) is 4.03. The molecular formula is C23H24O4. The molecule has 2 aromatic rings. The molecule has 2 aromatic carbocycles. The molecule has 0 aromatic heterocycles. The molecule has 0 spiro atoms. The first kappa shape index (κ1) is 20.2. The first-order valence-corrected chi connectivity index (χ1v) is 8.88. The van der Waals surface area contributed by atoms with E-state index in [0.717, 1.165) is 36.8 Å². The molecule has 0 heterocycles. The lowest BCUT2D eigenvalue weighted by Crippen LogP contribution is -2.13. The third kappa shape index (κ3) is 6.59. The van der Waals surface area contributed by atoms with Crippen LogP contribution in [0.15, 0.2) is 73.8 Å². The summed E-state index contributed by atoms with van der Waals surface area (Å²) in [5, 5.41) is 0. The van der Waals surface area contributed by atoms with Gasteiger partial charge in [0.05, 0.1) is 11.1 Å². The summed E-state index contributed by atoms with van der Waals surface area (Å²) < 4.78 is 10.0. The Morgan fingerprint density at radius 2 is 1.07 bits per heavy atom. The highest BCUT2D eigenvalue weighted by Crippen LogP contribution is 2.10. The van der Waals surface area contributed by atoms with Crippen LogP contribution in [0.1, 0.15) is 44.7 Å². The standard InChI is InChI=1S/C23H24O4/c1-3-5-7-18-9-13-20(14-10-18)22(24)26-17-27-23(25)21-15-11-19(12-16-21)8-6-4-2/h3-4,9-16H,1-2,5-8,17H2. The second-order valence-corrected chi connectivity index (χ2v) is 6.03. The molecule has 0 aliphatic rings. The topological polar surface area (TPSA) is 52.6 Å². The fourth-order valence-electron chi connectivity index (χ4n) is 2.46. The van der Waals surface area contributed by atoms with Crippen molar-refractivity contribution in [1.29, 1.82) is 0 Å². The summed E-state index contributed by atoms with van der Waals surface area (Å²) in [5.74, 6) is -1.06. The molecule has 0 aliphatic heterocycles. The van der Waals surface area contributed by atoms with Crippen LogP contribution in [0.25, 0.3) is 0 Å². The molecule has 0 unspecified atom stereocenters. The summed E-state index contributed by atoms with van der Waals surface area (Å²) in [6.07, 6.45) is 7.23. The predicted molar refractivity (Wildman–Crippen MR) is 106 cm³/mol. The average molecular weight is 364 g/mol. The minimum absolute atomic E-state index is 0.417. The summed E-state index contributed by atoms with van der Waals surface area (Å²) in [6.45, 7) is 6.95. The zero-order chi connectivity index (χ0) is 19.5. The largest absolute Gasteiger partial charge is 0.424 e. The van der Waals surface area contributed by atoms with Gasteiger partial charge in [0.2, 0.25) is 6.79 Å². The summed E-state index contributed by atoms with van der Waals surface area (Å²) in [4.78, 5) is 24.0. The van der Waals surface area contributed by atoms with Crippen LogP contribution in [0.3, 0.4) is 0 Å². The average Bonchev–Trinajstić information content (AvgIpc) is 2.71. The zero-order valence-corrected chi connectivity index (χ0v) is 15.4. The molecule has 0 bridgehead atoms. The van der Waals surface area contributed by atoms with E-state index in [4.69, 9.17) is 9.47 Å². The van der Waals surface area contributed by atoms with Crippen molar-refractivity contribution < 1.29 is 19.1 Å². The molecule has 140 valence electrons. The molecule has 0 saturated carbocycles. The summed E-state index contributed by atoms with van der Waals surface area (Å²) >= 11 is 0. The number of allylic oxidation sites excluding steroid dienone is 2. The maximum Gasteiger partial charge on any atom is 0.340 e. The smallest absolute Gasteiger partial charge is 0.340 e. The van der Waals surface area contributed by atoms with E-state index in [1.54, 1.807) is 24.3 Å². The van der Waals surface area contributed by atoms with Crippen LogP contribution < -0.4 is 0 Å². The van der Waals surface area contributed by atoms with E-state index in [1.807, 2.05) is 36.4 Å². The van der Waals surface area contributed by atoms with Gasteiger partial charge in [-0.2, -0.15) is 0 Å². The number of esters is 2. The number of benzene rings is 2. The Morgan fingerprint density at radius 1 is 0.704 bits per heavy atom. The molecule has 4 heteroatoms. The first-order valence-electron chi connectivity index (χ1n) is 8.88. The molecular weight excluding hydrogens is 340 g/mol. The molecule has 0 N–H and O–H groups in total. The molecule has 0 saturated heterocycles. The second kappa shape index (κ2) is 10.8. The van der Waals surface area contributed by atoms with Crippen molar-refractivity contribution in [2.45, 2.75) is 25.7 Å². The summed E-state index contributed by atoms with van der Waals surface area (Å²) in [7, 11) is 0. The number of hydrogen-bond donors (Lipinski definition) is 0. The molecule has 0 amide bonds. The molecule has 0 aliphatic carbocycles. The van der Waals surface area contributed by atoms with Crippen LogP contribution in [0, 0.1) is 0 Å². The van der Waals surface area contributed by atoms with Gasteiger partial charge in [0.1, 0.15) is 0 Å². The van der Waals surface area contributed by atoms with Gasteiger partial charge in [0.25, 0.3) is 0 Å². The molecule has 2 rings (SSSR count). The van der Waals surface area contributed by atoms with Crippen molar-refractivity contribution >= 4 is 11.9 Å². The fraction of sp³-hybridized carbons (Fsp3) is 0.217. The van der Waals surface area contributed by atoms with Gasteiger partial charge >= 0.3 is 11.9 Å². The SMILES string of the molecule is C=CCCc1ccc(C(=O)OCOC(=O)c2ccc(CCC=C)cc2)cc1. The predicted octanol–water partition coefficient (Wildman–Crippen LogP) is 4.90. The van der Waals surface area contributed by atoms with E-state index in [0.29, 0.717) is 11.1 Å². The van der Waals surface area contributed by atoms with E-state index in [1.165, 1.54) is 0 Å². The molecule has 27 heavy (non-hydrogen) atoms. The normalized spacial score (nSPS) is 10.1. The van der Waals surface area contributed by atoms with Crippen molar-refractivity contribution in [2.24, 2.45) is 0 Å². The van der Waals surface area contributed by atoms with Crippen LogP contribution in [-0.2, 0) is 22.3 Å². The zero-order valence-electron chi connectivity index (χ0n) is 15.4. The number of aryl methyl sites for hydroxylation is 2. The first-order chi connectivity index (χ1) is 13.1. The van der Waals surface area contributed by atoms with Crippen LogP contribution in [-0.4, -0.2) is 18.7 Å². The Bertz CT molecular complexity index is 706. The van der Waals surface area contributed by atoms with Gasteiger partial charge in [-0.15, -0.1) is 13.2 Å². The Hall–Kier alpha value is -3.14. The minimum Gasteiger partial charge on any atom is -0.424 e. The van der Waals surface area contributed by atoms with Crippen LogP contribution in [0.2, 0.25) is 0 Å². The fourth-order valence-corrected chi connectivity index (χ4v) is 2.46. The lowest BCUT2D eigenvalue weighted by Gasteiger charge is -2.07. The minimum atomic E-state index is -0.530. The van der Waals surface area contributed by atoms with Gasteiger partial charge < -0.3 is 9.47 Å². The van der Waals surface area contributed by atoms with Gasteiger partial charge in [0.15, 0.2) is 0 Å². The van der Waals surface area contributed by atoms with Crippen LogP contribution in [0.4, 0.5) is 0 Å². The van der Waals surface area contributed by atoms with Crippen molar-refractivity contribution in [3.05, 3.63) is 96.1 Å². The molecule has 0 radical (unpaired) electrons. The lowest BCUT2D eigenvalue weighted by atomic mass is 10.1. The highest BCUT2D eigenvalue weighted by Gasteiger charge is 2.10. The highest BCUT2D eigenvalue weighted by molar-refractivity contribution is 5.90. The van der Waals surface area contributed by atoms with Crippen molar-refractivity contribution in [2.75, 3.05) is 6.79 Å². The Kier molecular flexibility index (Phi) is 8.04. The number of hydrogen-bond acceptors (Lipinski definition) is 4. The molecule has 0 fully saturated rings. The summed E-state index contributed by atoms with van der Waals surface area (Å²) in [5.41, 5.74) is 3.07. The quantitative estimate of drug-likeness (QED) is 0.342. The number of carbonyl (C=O) groups is 2. The maximum absolute atomic E-state index is 12.0. The number of ether oxygens (including phenoxy) is 2. The van der Waals surface area contributed by atoms with Gasteiger partial charge in [-0.05, 0) is 61.1 Å². The Balaban J connectivity index is 1.79. The van der Waals surface area contributed by atoms with E-state index in [-0.39, 0.29) is 0 Å². The van der Waals surface area contributed by atoms with Gasteiger partial charge in [0, 0.05) is 0 Å². The van der Waals surface area contributed by atoms with Crippen molar-refractivity contribution in [3.63, 3.8) is 0 Å².